The second-order valence-corrected chi connectivity index (χ2v) is 4.66. The number of hydrogen-bond acceptors (Lipinski definition) is 2. The van der Waals surface area contributed by atoms with Gasteiger partial charge in [0, 0.05) is 23.9 Å². The van der Waals surface area contributed by atoms with E-state index in [0.29, 0.717) is 11.7 Å². The predicted molar refractivity (Wildman–Crippen MR) is 59.2 cm³/mol. The van der Waals surface area contributed by atoms with Crippen LogP contribution in [0.25, 0.3) is 0 Å². The Morgan fingerprint density at radius 1 is 1.33 bits per heavy atom. The van der Waals surface area contributed by atoms with Crippen LogP contribution in [0.1, 0.15) is 33.8 Å². The molecule has 0 aromatic heterocycles. The molecule has 1 aromatic carbocycles. The lowest BCUT2D eigenvalue weighted by Crippen LogP contribution is -2.34. The summed E-state index contributed by atoms with van der Waals surface area (Å²) < 4.78 is 0. The Kier molecular flexibility index (Phi) is 1.93. The van der Waals surface area contributed by atoms with Crippen LogP contribution in [0.4, 0.5) is 0 Å². The van der Waals surface area contributed by atoms with Gasteiger partial charge in [0.25, 0.3) is 0 Å². The normalized spacial score (nSPS) is 28.7. The van der Waals surface area contributed by atoms with Gasteiger partial charge in [-0.25, -0.2) is 0 Å². The molecule has 0 bridgehead atoms. The highest BCUT2D eigenvalue weighted by Gasteiger charge is 2.40. The molecule has 0 saturated carbocycles. The molecule has 1 aliphatic heterocycles. The van der Waals surface area contributed by atoms with Crippen LogP contribution in [0, 0.1) is 12.8 Å². The molecular weight excluding hydrogens is 186 g/mol. The SMILES string of the molecule is Cc1ccc2c(c1)[C@@H]1CNCC[C@@H]1C2=O. The highest BCUT2D eigenvalue weighted by atomic mass is 16.1. The van der Waals surface area contributed by atoms with Gasteiger partial charge in [-0.1, -0.05) is 23.8 Å². The van der Waals surface area contributed by atoms with Crippen molar-refractivity contribution in [1.82, 2.24) is 5.32 Å². The van der Waals surface area contributed by atoms with E-state index in [4.69, 9.17) is 0 Å². The summed E-state index contributed by atoms with van der Waals surface area (Å²) in [5, 5.41) is 3.38. The number of ketones is 1. The minimum absolute atomic E-state index is 0.253. The lowest BCUT2D eigenvalue weighted by atomic mass is 9.86. The lowest BCUT2D eigenvalue weighted by Gasteiger charge is -2.25. The number of rotatable bonds is 0. The van der Waals surface area contributed by atoms with E-state index in [2.05, 4.69) is 18.3 Å². The van der Waals surface area contributed by atoms with Crippen molar-refractivity contribution < 1.29 is 4.79 Å². The second-order valence-electron chi connectivity index (χ2n) is 4.66. The first-order chi connectivity index (χ1) is 7.27. The number of piperidine rings is 1. The highest BCUT2D eigenvalue weighted by molar-refractivity contribution is 6.03. The number of carbonyl (C=O) groups excluding carboxylic acids is 1. The molecule has 2 nitrogen and oxygen atoms in total. The van der Waals surface area contributed by atoms with Crippen molar-refractivity contribution in [2.75, 3.05) is 13.1 Å². The molecule has 1 aliphatic carbocycles. The molecule has 1 aromatic rings. The molecule has 0 radical (unpaired) electrons. The molecule has 78 valence electrons. The van der Waals surface area contributed by atoms with Gasteiger partial charge < -0.3 is 5.32 Å². The Balaban J connectivity index is 2.12. The van der Waals surface area contributed by atoms with E-state index in [9.17, 15) is 4.79 Å². The Morgan fingerprint density at radius 3 is 3.07 bits per heavy atom. The van der Waals surface area contributed by atoms with Crippen LogP contribution >= 0.6 is 0 Å². The van der Waals surface area contributed by atoms with Crippen molar-refractivity contribution in [1.29, 1.82) is 0 Å². The van der Waals surface area contributed by atoms with Crippen molar-refractivity contribution in [3.05, 3.63) is 34.9 Å². The molecular formula is C13H15NO. The van der Waals surface area contributed by atoms with E-state index in [1.807, 2.05) is 12.1 Å². The second kappa shape index (κ2) is 3.17. The maximum Gasteiger partial charge on any atom is 0.166 e. The largest absolute Gasteiger partial charge is 0.316 e. The van der Waals surface area contributed by atoms with E-state index < -0.39 is 0 Å². The summed E-state index contributed by atoms with van der Waals surface area (Å²) >= 11 is 0. The third-order valence-electron chi connectivity index (χ3n) is 3.69. The summed E-state index contributed by atoms with van der Waals surface area (Å²) in [7, 11) is 0. The van der Waals surface area contributed by atoms with Gasteiger partial charge in [-0.3, -0.25) is 4.79 Å². The Bertz CT molecular complexity index is 425. The zero-order chi connectivity index (χ0) is 10.4. The average molecular weight is 201 g/mol. The molecule has 3 rings (SSSR count). The van der Waals surface area contributed by atoms with E-state index >= 15 is 0 Å². The molecule has 2 aliphatic rings. The number of hydrogen-bond donors (Lipinski definition) is 1. The van der Waals surface area contributed by atoms with Crippen molar-refractivity contribution in [2.45, 2.75) is 19.3 Å². The van der Waals surface area contributed by atoms with Gasteiger partial charge in [-0.05, 0) is 25.5 Å². The molecule has 2 atom stereocenters. The fraction of sp³-hybridized carbons (Fsp3) is 0.462. The summed E-state index contributed by atoms with van der Waals surface area (Å²) in [5.41, 5.74) is 3.50. The van der Waals surface area contributed by atoms with E-state index in [1.54, 1.807) is 0 Å². The molecule has 1 fully saturated rings. The third kappa shape index (κ3) is 1.25. The van der Waals surface area contributed by atoms with Gasteiger partial charge in [-0.15, -0.1) is 0 Å². The number of nitrogens with one attached hydrogen (secondary N) is 1. The highest BCUT2D eigenvalue weighted by Crippen LogP contribution is 2.40. The summed E-state index contributed by atoms with van der Waals surface area (Å²) in [4.78, 5) is 12.1. The minimum Gasteiger partial charge on any atom is -0.316 e. The van der Waals surface area contributed by atoms with Crippen LogP contribution < -0.4 is 5.32 Å². The summed E-state index contributed by atoms with van der Waals surface area (Å²) in [6.45, 7) is 4.04. The third-order valence-corrected chi connectivity index (χ3v) is 3.69. The fourth-order valence-corrected chi connectivity index (χ4v) is 2.91. The van der Waals surface area contributed by atoms with Gasteiger partial charge in [0.15, 0.2) is 5.78 Å². The van der Waals surface area contributed by atoms with Gasteiger partial charge in [0.1, 0.15) is 0 Å². The lowest BCUT2D eigenvalue weighted by molar-refractivity contribution is 0.0904. The van der Waals surface area contributed by atoms with Crippen LogP contribution in [0.5, 0.6) is 0 Å². The van der Waals surface area contributed by atoms with E-state index in [1.165, 1.54) is 11.1 Å². The fourth-order valence-electron chi connectivity index (χ4n) is 2.91. The minimum atomic E-state index is 0.253. The average Bonchev–Trinajstić information content (AvgIpc) is 2.54. The number of aryl methyl sites for hydroxylation is 1. The Morgan fingerprint density at radius 2 is 2.20 bits per heavy atom. The van der Waals surface area contributed by atoms with Crippen LogP contribution in [0.3, 0.4) is 0 Å². The smallest absolute Gasteiger partial charge is 0.166 e. The van der Waals surface area contributed by atoms with Crippen molar-refractivity contribution >= 4 is 5.78 Å². The molecule has 1 saturated heterocycles. The zero-order valence-corrected chi connectivity index (χ0v) is 8.92. The van der Waals surface area contributed by atoms with Gasteiger partial charge in [0.2, 0.25) is 0 Å². The number of Topliss-reactive ketones (excluding diaryl/α,β-unsaturated/α-hetero) is 1. The summed E-state index contributed by atoms with van der Waals surface area (Å²) in [6, 6.07) is 6.23. The van der Waals surface area contributed by atoms with Crippen molar-refractivity contribution in [2.24, 2.45) is 5.92 Å². The van der Waals surface area contributed by atoms with Gasteiger partial charge in [-0.2, -0.15) is 0 Å². The molecule has 15 heavy (non-hydrogen) atoms. The van der Waals surface area contributed by atoms with Crippen LogP contribution in [0.15, 0.2) is 18.2 Å². The molecule has 1 heterocycles. The molecule has 0 spiro atoms. The molecule has 1 N–H and O–H groups in total. The summed E-state index contributed by atoms with van der Waals surface area (Å²) in [6.07, 6.45) is 0.997. The zero-order valence-electron chi connectivity index (χ0n) is 8.92. The summed E-state index contributed by atoms with van der Waals surface area (Å²) in [5.74, 6) is 1.06. The maximum absolute atomic E-state index is 12.1. The molecule has 0 unspecified atom stereocenters. The quantitative estimate of drug-likeness (QED) is 0.694. The van der Waals surface area contributed by atoms with Crippen LogP contribution in [-0.2, 0) is 0 Å². The van der Waals surface area contributed by atoms with Crippen LogP contribution in [-0.4, -0.2) is 18.9 Å². The number of carbonyl (C=O) groups is 1. The maximum atomic E-state index is 12.1. The number of fused-ring (bicyclic) bond motifs is 3. The number of benzene rings is 1. The monoisotopic (exact) mass is 201 g/mol. The molecule has 0 amide bonds. The Hall–Kier alpha value is -1.15. The van der Waals surface area contributed by atoms with Crippen LogP contribution in [0.2, 0.25) is 0 Å². The first-order valence-corrected chi connectivity index (χ1v) is 5.63. The van der Waals surface area contributed by atoms with Crippen molar-refractivity contribution in [3.63, 3.8) is 0 Å². The van der Waals surface area contributed by atoms with Gasteiger partial charge in [0.05, 0.1) is 0 Å². The Labute approximate surface area is 89.7 Å². The topological polar surface area (TPSA) is 29.1 Å². The predicted octanol–water partition coefficient (Wildman–Crippen LogP) is 1.88. The molecule has 2 heteroatoms. The van der Waals surface area contributed by atoms with Crippen molar-refractivity contribution in [3.8, 4) is 0 Å². The van der Waals surface area contributed by atoms with E-state index in [0.717, 1.165) is 25.1 Å². The van der Waals surface area contributed by atoms with Gasteiger partial charge >= 0.3 is 0 Å². The van der Waals surface area contributed by atoms with E-state index in [-0.39, 0.29) is 5.92 Å². The standard InChI is InChI=1S/C13H15NO/c1-8-2-3-9-11(6-8)12-7-14-5-4-10(12)13(9)15/h2-3,6,10,12,14H,4-5,7H2,1H3/t10-,12+/m0/s1. The first kappa shape index (κ1) is 9.10. The first-order valence-electron chi connectivity index (χ1n) is 5.63.